The molecule has 8 nitrogen and oxygen atoms in total. The van der Waals surface area contributed by atoms with Gasteiger partial charge < -0.3 is 19.4 Å². The third-order valence-corrected chi connectivity index (χ3v) is 6.30. The van der Waals surface area contributed by atoms with Crippen molar-refractivity contribution in [3.63, 3.8) is 0 Å². The molecule has 0 spiro atoms. The number of aryl methyl sites for hydroxylation is 1. The van der Waals surface area contributed by atoms with Gasteiger partial charge in [-0.05, 0) is 42.8 Å². The van der Waals surface area contributed by atoms with Gasteiger partial charge >= 0.3 is 0 Å². The van der Waals surface area contributed by atoms with Crippen molar-refractivity contribution in [1.82, 2.24) is 14.3 Å². The molecule has 0 aromatic heterocycles. The normalized spacial score (nSPS) is 12.7. The molecular weight excluding hydrogens is 475 g/mol. The summed E-state index contributed by atoms with van der Waals surface area (Å²) >= 11 is 0. The molecular formula is C28H23FN4O4. The topological polar surface area (TPSA) is 87.4 Å². The fourth-order valence-corrected chi connectivity index (χ4v) is 4.65. The maximum Gasteiger partial charge on any atom is 0.278 e. The molecule has 0 radical (unpaired) electrons. The number of rotatable bonds is 5. The number of aromatic nitrogens is 3. The largest absolute Gasteiger partial charge is 0.486 e. The van der Waals surface area contributed by atoms with E-state index >= 15 is 0 Å². The highest BCUT2D eigenvalue weighted by Crippen LogP contribution is 2.33. The SMILES string of the molecule is Cc1cccc(Cn2cc3c(=O)n(CC(=O)Nc4ccc5c(c4)OCCO5)nc-3c3cc(F)ccc32)c1. The van der Waals surface area contributed by atoms with Gasteiger partial charge in [-0.2, -0.15) is 5.10 Å². The number of anilines is 1. The second kappa shape index (κ2) is 9.09. The number of benzene rings is 3. The van der Waals surface area contributed by atoms with E-state index in [0.717, 1.165) is 21.3 Å². The highest BCUT2D eigenvalue weighted by molar-refractivity contribution is 5.94. The molecule has 9 heteroatoms. The Morgan fingerprint density at radius 2 is 1.89 bits per heavy atom. The number of nitrogens with zero attached hydrogens (tertiary/aromatic N) is 3. The van der Waals surface area contributed by atoms with Crippen molar-refractivity contribution in [2.75, 3.05) is 18.5 Å². The third kappa shape index (κ3) is 4.40. The predicted molar refractivity (Wildman–Crippen MR) is 137 cm³/mol. The molecule has 3 aromatic rings. The molecule has 3 aromatic carbocycles. The van der Waals surface area contributed by atoms with Crippen molar-refractivity contribution < 1.29 is 18.7 Å². The molecule has 6 rings (SSSR count). The Morgan fingerprint density at radius 3 is 2.73 bits per heavy atom. The minimum Gasteiger partial charge on any atom is -0.486 e. The lowest BCUT2D eigenvalue weighted by Gasteiger charge is -2.18. The molecule has 0 atom stereocenters. The van der Waals surface area contributed by atoms with E-state index in [-0.39, 0.29) is 6.54 Å². The first-order valence-electron chi connectivity index (χ1n) is 11.9. The Kier molecular flexibility index (Phi) is 5.60. The fraction of sp³-hybridized carbons (Fsp3) is 0.179. The lowest BCUT2D eigenvalue weighted by molar-refractivity contribution is -0.116. The zero-order chi connectivity index (χ0) is 25.5. The molecule has 0 fully saturated rings. The molecule has 186 valence electrons. The number of ether oxygens (including phenoxy) is 2. The number of halogens is 1. The van der Waals surface area contributed by atoms with E-state index < -0.39 is 17.3 Å². The molecule has 3 aliphatic heterocycles. The van der Waals surface area contributed by atoms with Crippen LogP contribution in [0.15, 0.2) is 71.7 Å². The van der Waals surface area contributed by atoms with Crippen molar-refractivity contribution in [3.05, 3.63) is 94.2 Å². The van der Waals surface area contributed by atoms with Crippen LogP contribution in [0.5, 0.6) is 11.5 Å². The van der Waals surface area contributed by atoms with Gasteiger partial charge in [-0.15, -0.1) is 0 Å². The maximum absolute atomic E-state index is 14.3. The van der Waals surface area contributed by atoms with E-state index in [1.807, 2.05) is 29.7 Å². The average molecular weight is 499 g/mol. The van der Waals surface area contributed by atoms with Crippen LogP contribution in [-0.2, 0) is 17.9 Å². The van der Waals surface area contributed by atoms with E-state index in [2.05, 4.69) is 16.5 Å². The fourth-order valence-electron chi connectivity index (χ4n) is 4.65. The minimum absolute atomic E-state index is 0.295. The van der Waals surface area contributed by atoms with Crippen LogP contribution in [0.25, 0.3) is 22.2 Å². The number of carbonyl (C=O) groups excluding carboxylic acids is 1. The summed E-state index contributed by atoms with van der Waals surface area (Å²) in [5, 5.41) is 7.69. The predicted octanol–water partition coefficient (Wildman–Crippen LogP) is 4.21. The zero-order valence-electron chi connectivity index (χ0n) is 20.0. The molecule has 1 N–H and O–H groups in total. The minimum atomic E-state index is -0.430. The van der Waals surface area contributed by atoms with Crippen LogP contribution in [0.4, 0.5) is 10.1 Å². The van der Waals surface area contributed by atoms with E-state index in [0.29, 0.717) is 53.6 Å². The average Bonchev–Trinajstić information content (AvgIpc) is 3.19. The summed E-state index contributed by atoms with van der Waals surface area (Å²) < 4.78 is 28.3. The Hall–Kier alpha value is -4.66. The van der Waals surface area contributed by atoms with Gasteiger partial charge in [-0.1, -0.05) is 29.8 Å². The van der Waals surface area contributed by atoms with Crippen molar-refractivity contribution in [3.8, 4) is 22.8 Å². The number of fused-ring (bicyclic) bond motifs is 4. The number of nitrogens with one attached hydrogen (secondary N) is 1. The summed E-state index contributed by atoms with van der Waals surface area (Å²) in [6.07, 6.45) is 1.72. The summed E-state index contributed by atoms with van der Waals surface area (Å²) in [6.45, 7) is 3.12. The maximum atomic E-state index is 14.3. The summed E-state index contributed by atoms with van der Waals surface area (Å²) in [4.78, 5) is 26.1. The van der Waals surface area contributed by atoms with Gasteiger partial charge in [0.15, 0.2) is 11.5 Å². The van der Waals surface area contributed by atoms with E-state index in [1.54, 1.807) is 30.5 Å². The Balaban J connectivity index is 1.34. The van der Waals surface area contributed by atoms with Gasteiger partial charge in [0.2, 0.25) is 5.91 Å². The lowest BCUT2D eigenvalue weighted by atomic mass is 10.1. The number of amides is 1. The second-order valence-corrected chi connectivity index (χ2v) is 9.04. The number of hydrogen-bond donors (Lipinski definition) is 1. The summed E-state index contributed by atoms with van der Waals surface area (Å²) in [7, 11) is 0. The molecule has 0 aliphatic carbocycles. The highest BCUT2D eigenvalue weighted by atomic mass is 19.1. The van der Waals surface area contributed by atoms with Gasteiger partial charge in [0.1, 0.15) is 31.3 Å². The second-order valence-electron chi connectivity index (χ2n) is 9.04. The zero-order valence-corrected chi connectivity index (χ0v) is 20.0. The third-order valence-electron chi connectivity index (χ3n) is 6.30. The molecule has 0 saturated carbocycles. The van der Waals surface area contributed by atoms with Crippen LogP contribution in [0, 0.1) is 12.7 Å². The van der Waals surface area contributed by atoms with Gasteiger partial charge in [0.25, 0.3) is 5.56 Å². The van der Waals surface area contributed by atoms with Gasteiger partial charge in [-0.25, -0.2) is 9.07 Å². The lowest BCUT2D eigenvalue weighted by Crippen LogP contribution is -2.26. The number of pyridine rings is 1. The van der Waals surface area contributed by atoms with Gasteiger partial charge in [-0.3, -0.25) is 9.59 Å². The summed E-state index contributed by atoms with van der Waals surface area (Å²) in [6, 6.07) is 17.6. The van der Waals surface area contributed by atoms with Crippen LogP contribution < -0.4 is 20.3 Å². The highest BCUT2D eigenvalue weighted by Gasteiger charge is 2.22. The van der Waals surface area contributed by atoms with Crippen molar-refractivity contribution in [1.29, 1.82) is 0 Å². The Labute approximate surface area is 211 Å². The van der Waals surface area contributed by atoms with E-state index in [1.165, 1.54) is 12.1 Å². The Morgan fingerprint density at radius 1 is 1.05 bits per heavy atom. The number of hydrogen-bond acceptors (Lipinski definition) is 5. The molecule has 3 heterocycles. The van der Waals surface area contributed by atoms with Crippen molar-refractivity contribution in [2.24, 2.45) is 0 Å². The van der Waals surface area contributed by atoms with Crippen LogP contribution in [-0.4, -0.2) is 33.5 Å². The Bertz CT molecular complexity index is 1690. The standard InChI is InChI=1S/C28H23FN4O4/c1-17-3-2-4-18(11-17)14-32-15-22-27(21-12-19(29)5-7-23(21)32)31-33(28(22)35)16-26(34)30-20-6-8-24-25(13-20)37-10-9-36-24/h2-8,11-13,15H,9-10,14,16H2,1H3,(H,30,34). The van der Waals surface area contributed by atoms with Crippen molar-refractivity contribution in [2.45, 2.75) is 20.0 Å². The van der Waals surface area contributed by atoms with Gasteiger partial charge in [0.05, 0.1) is 11.1 Å². The van der Waals surface area contributed by atoms with Crippen LogP contribution in [0.3, 0.4) is 0 Å². The van der Waals surface area contributed by atoms with Crippen LogP contribution in [0.2, 0.25) is 0 Å². The molecule has 0 bridgehead atoms. The van der Waals surface area contributed by atoms with Crippen LogP contribution >= 0.6 is 0 Å². The molecule has 0 saturated heterocycles. The molecule has 1 amide bonds. The first kappa shape index (κ1) is 22.8. The van der Waals surface area contributed by atoms with E-state index in [9.17, 15) is 14.0 Å². The molecule has 3 aliphatic rings. The summed E-state index contributed by atoms with van der Waals surface area (Å²) in [5.41, 5.74) is 3.67. The van der Waals surface area contributed by atoms with Gasteiger partial charge in [0, 0.05) is 29.9 Å². The molecule has 0 unspecified atom stereocenters. The first-order valence-corrected chi connectivity index (χ1v) is 11.9. The molecule has 37 heavy (non-hydrogen) atoms. The quantitative estimate of drug-likeness (QED) is 0.392. The first-order chi connectivity index (χ1) is 17.9. The van der Waals surface area contributed by atoms with Crippen LogP contribution in [0.1, 0.15) is 11.1 Å². The summed E-state index contributed by atoms with van der Waals surface area (Å²) in [5.74, 6) is 0.303. The van der Waals surface area contributed by atoms with Crippen molar-refractivity contribution >= 4 is 22.5 Å². The smallest absolute Gasteiger partial charge is 0.278 e. The number of carbonyl (C=O) groups is 1. The van der Waals surface area contributed by atoms with E-state index in [4.69, 9.17) is 9.47 Å². The monoisotopic (exact) mass is 498 g/mol.